The third-order valence-electron chi connectivity index (χ3n) is 3.56. The molecule has 1 aliphatic rings. The summed E-state index contributed by atoms with van der Waals surface area (Å²) in [4.78, 5) is 29.8. The highest BCUT2D eigenvalue weighted by Crippen LogP contribution is 2.13. The molecule has 0 spiro atoms. The van der Waals surface area contributed by atoms with Gasteiger partial charge in [-0.15, -0.1) is 0 Å². The predicted molar refractivity (Wildman–Crippen MR) is 77.1 cm³/mol. The first-order valence-corrected chi connectivity index (χ1v) is 7.28. The fraction of sp³-hybridized carbons (Fsp3) is 0.533. The summed E-state index contributed by atoms with van der Waals surface area (Å²) in [7, 11) is 0. The zero-order valence-electron chi connectivity index (χ0n) is 12.0. The van der Waals surface area contributed by atoms with Crippen LogP contribution in [-0.4, -0.2) is 46.0 Å². The van der Waals surface area contributed by atoms with Crippen molar-refractivity contribution in [3.8, 4) is 0 Å². The standard InChI is InChI=1S/C15H21N3O3/c19-9-8-18(11-12-4-3-7-16-10-12)15(21)13-5-1-2-6-14(20)17-13/h3-4,7,10,13,19H,1-2,5-6,8-9,11H2,(H,17,20). The maximum Gasteiger partial charge on any atom is 0.245 e. The number of aliphatic hydroxyl groups is 1. The Bertz CT molecular complexity index is 478. The number of pyridine rings is 1. The van der Waals surface area contributed by atoms with Crippen molar-refractivity contribution in [2.45, 2.75) is 38.3 Å². The average molecular weight is 291 g/mol. The first kappa shape index (κ1) is 15.4. The molecule has 1 aliphatic heterocycles. The van der Waals surface area contributed by atoms with E-state index < -0.39 is 6.04 Å². The van der Waals surface area contributed by atoms with E-state index in [1.807, 2.05) is 12.1 Å². The van der Waals surface area contributed by atoms with Crippen LogP contribution in [0.2, 0.25) is 0 Å². The Kier molecular flexibility index (Phi) is 5.68. The SMILES string of the molecule is O=C1CCCCC(C(=O)N(CCO)Cc2cccnc2)N1. The van der Waals surface area contributed by atoms with E-state index in [-0.39, 0.29) is 25.0 Å². The summed E-state index contributed by atoms with van der Waals surface area (Å²) in [6, 6.07) is 3.21. The summed E-state index contributed by atoms with van der Waals surface area (Å²) < 4.78 is 0. The van der Waals surface area contributed by atoms with E-state index in [1.165, 1.54) is 0 Å². The Morgan fingerprint density at radius 1 is 1.48 bits per heavy atom. The van der Waals surface area contributed by atoms with Gasteiger partial charge in [0, 0.05) is 31.9 Å². The highest BCUT2D eigenvalue weighted by atomic mass is 16.3. The molecule has 1 fully saturated rings. The normalized spacial score (nSPS) is 18.7. The molecule has 0 radical (unpaired) electrons. The van der Waals surface area contributed by atoms with E-state index in [0.29, 0.717) is 19.4 Å². The lowest BCUT2D eigenvalue weighted by molar-refractivity contribution is -0.137. The van der Waals surface area contributed by atoms with Gasteiger partial charge in [0.05, 0.1) is 6.61 Å². The molecule has 114 valence electrons. The lowest BCUT2D eigenvalue weighted by Crippen LogP contribution is -2.48. The van der Waals surface area contributed by atoms with Crippen molar-refractivity contribution in [1.29, 1.82) is 0 Å². The van der Waals surface area contributed by atoms with Gasteiger partial charge in [0.25, 0.3) is 0 Å². The number of aliphatic hydroxyl groups excluding tert-OH is 1. The van der Waals surface area contributed by atoms with E-state index in [2.05, 4.69) is 10.3 Å². The molecular weight excluding hydrogens is 270 g/mol. The third kappa shape index (κ3) is 4.53. The van der Waals surface area contributed by atoms with Crippen molar-refractivity contribution < 1.29 is 14.7 Å². The summed E-state index contributed by atoms with van der Waals surface area (Å²) in [6.07, 6.45) is 6.18. The lowest BCUT2D eigenvalue weighted by atomic mass is 10.1. The van der Waals surface area contributed by atoms with Crippen LogP contribution < -0.4 is 5.32 Å². The average Bonchev–Trinajstić information content (AvgIpc) is 2.72. The van der Waals surface area contributed by atoms with Crippen LogP contribution in [0.1, 0.15) is 31.2 Å². The minimum atomic E-state index is -0.483. The summed E-state index contributed by atoms with van der Waals surface area (Å²) >= 11 is 0. The Morgan fingerprint density at radius 3 is 3.05 bits per heavy atom. The number of nitrogens with zero attached hydrogens (tertiary/aromatic N) is 2. The molecule has 6 nitrogen and oxygen atoms in total. The quantitative estimate of drug-likeness (QED) is 0.826. The number of carbonyl (C=O) groups is 2. The molecule has 1 aromatic heterocycles. The maximum absolute atomic E-state index is 12.6. The monoisotopic (exact) mass is 291 g/mol. The van der Waals surface area contributed by atoms with Gasteiger partial charge in [0.2, 0.25) is 11.8 Å². The van der Waals surface area contributed by atoms with Gasteiger partial charge in [-0.25, -0.2) is 0 Å². The maximum atomic E-state index is 12.6. The highest BCUT2D eigenvalue weighted by Gasteiger charge is 2.27. The molecule has 2 heterocycles. The zero-order valence-corrected chi connectivity index (χ0v) is 12.0. The molecule has 2 N–H and O–H groups in total. The molecule has 1 saturated heterocycles. The topological polar surface area (TPSA) is 82.5 Å². The molecule has 0 saturated carbocycles. The fourth-order valence-corrected chi connectivity index (χ4v) is 2.48. The van der Waals surface area contributed by atoms with Crippen LogP contribution in [0, 0.1) is 0 Å². The fourth-order valence-electron chi connectivity index (χ4n) is 2.48. The first-order valence-electron chi connectivity index (χ1n) is 7.28. The second kappa shape index (κ2) is 7.73. The number of aromatic nitrogens is 1. The molecule has 2 rings (SSSR count). The number of carbonyl (C=O) groups excluding carboxylic acids is 2. The largest absolute Gasteiger partial charge is 0.395 e. The lowest BCUT2D eigenvalue weighted by Gasteiger charge is -2.26. The number of nitrogens with one attached hydrogen (secondary N) is 1. The molecule has 6 heteroatoms. The van der Waals surface area contributed by atoms with Crippen LogP contribution in [0.5, 0.6) is 0 Å². The smallest absolute Gasteiger partial charge is 0.245 e. The molecule has 1 unspecified atom stereocenters. The van der Waals surface area contributed by atoms with Crippen LogP contribution in [0.25, 0.3) is 0 Å². The van der Waals surface area contributed by atoms with Gasteiger partial charge < -0.3 is 15.3 Å². The minimum absolute atomic E-state index is 0.0730. The van der Waals surface area contributed by atoms with Crippen molar-refractivity contribution >= 4 is 11.8 Å². The van der Waals surface area contributed by atoms with Gasteiger partial charge in [-0.3, -0.25) is 14.6 Å². The summed E-state index contributed by atoms with van der Waals surface area (Å²) in [5.41, 5.74) is 0.902. The van der Waals surface area contributed by atoms with Crippen LogP contribution in [0.3, 0.4) is 0 Å². The van der Waals surface area contributed by atoms with Crippen LogP contribution in [0.15, 0.2) is 24.5 Å². The van der Waals surface area contributed by atoms with Gasteiger partial charge in [-0.05, 0) is 24.5 Å². The molecular formula is C15H21N3O3. The number of rotatable bonds is 5. The molecule has 0 aliphatic carbocycles. The van der Waals surface area contributed by atoms with Crippen LogP contribution in [-0.2, 0) is 16.1 Å². The van der Waals surface area contributed by atoms with E-state index in [1.54, 1.807) is 17.3 Å². The Morgan fingerprint density at radius 2 is 2.33 bits per heavy atom. The molecule has 0 aromatic carbocycles. The van der Waals surface area contributed by atoms with Crippen molar-refractivity contribution in [2.75, 3.05) is 13.2 Å². The second-order valence-electron chi connectivity index (χ2n) is 5.21. The minimum Gasteiger partial charge on any atom is -0.395 e. The third-order valence-corrected chi connectivity index (χ3v) is 3.56. The summed E-state index contributed by atoms with van der Waals surface area (Å²) in [5.74, 6) is -0.209. The second-order valence-corrected chi connectivity index (χ2v) is 5.21. The van der Waals surface area contributed by atoms with Crippen LogP contribution in [0.4, 0.5) is 0 Å². The summed E-state index contributed by atoms with van der Waals surface area (Å²) in [5, 5.41) is 11.9. The molecule has 1 atom stereocenters. The van der Waals surface area contributed by atoms with Gasteiger partial charge in [-0.2, -0.15) is 0 Å². The van der Waals surface area contributed by atoms with E-state index in [4.69, 9.17) is 0 Å². The highest BCUT2D eigenvalue weighted by molar-refractivity contribution is 5.88. The Balaban J connectivity index is 2.05. The predicted octanol–water partition coefficient (Wildman–Crippen LogP) is 0.461. The molecule has 1 aromatic rings. The van der Waals surface area contributed by atoms with Gasteiger partial charge >= 0.3 is 0 Å². The first-order chi connectivity index (χ1) is 10.2. The van der Waals surface area contributed by atoms with Crippen molar-refractivity contribution in [1.82, 2.24) is 15.2 Å². The molecule has 21 heavy (non-hydrogen) atoms. The summed E-state index contributed by atoms with van der Waals surface area (Å²) in [6.45, 7) is 0.534. The van der Waals surface area contributed by atoms with Crippen molar-refractivity contribution in [3.05, 3.63) is 30.1 Å². The van der Waals surface area contributed by atoms with Gasteiger partial charge in [0.15, 0.2) is 0 Å². The van der Waals surface area contributed by atoms with Crippen molar-refractivity contribution in [3.63, 3.8) is 0 Å². The van der Waals surface area contributed by atoms with Crippen molar-refractivity contribution in [2.24, 2.45) is 0 Å². The zero-order chi connectivity index (χ0) is 15.1. The van der Waals surface area contributed by atoms with E-state index >= 15 is 0 Å². The van der Waals surface area contributed by atoms with Gasteiger partial charge in [-0.1, -0.05) is 12.5 Å². The number of amides is 2. The number of hydrogen-bond donors (Lipinski definition) is 2. The van der Waals surface area contributed by atoms with Crippen LogP contribution >= 0.6 is 0 Å². The Hall–Kier alpha value is -1.95. The molecule has 2 amide bonds. The van der Waals surface area contributed by atoms with E-state index in [0.717, 1.165) is 18.4 Å². The molecule has 0 bridgehead atoms. The Labute approximate surface area is 124 Å². The van der Waals surface area contributed by atoms with E-state index in [9.17, 15) is 14.7 Å². The number of hydrogen-bond acceptors (Lipinski definition) is 4. The van der Waals surface area contributed by atoms with Gasteiger partial charge in [0.1, 0.15) is 6.04 Å².